The van der Waals surface area contributed by atoms with Crippen molar-refractivity contribution in [3.05, 3.63) is 272 Å². The molecule has 4 heterocycles. The van der Waals surface area contributed by atoms with Gasteiger partial charge >= 0.3 is 0 Å². The van der Waals surface area contributed by atoms with E-state index in [4.69, 9.17) is 11.3 Å². The molecule has 3 aliphatic rings. The summed E-state index contributed by atoms with van der Waals surface area (Å²) in [5.74, 6) is 1.67. The lowest BCUT2D eigenvalue weighted by atomic mass is 9.58. The van der Waals surface area contributed by atoms with Crippen LogP contribution in [0.4, 0.5) is 11.4 Å². The normalized spacial score (nSPS) is 17.0. The zero-order valence-corrected chi connectivity index (χ0v) is 43.2. The van der Waals surface area contributed by atoms with Gasteiger partial charge in [0.1, 0.15) is 11.5 Å². The van der Waals surface area contributed by atoms with Gasteiger partial charge in [0, 0.05) is 73.3 Å². The number of aryl methyl sites for hydroxylation is 6. The Hall–Kier alpha value is -8.60. The van der Waals surface area contributed by atoms with Crippen LogP contribution in [0.5, 0.6) is 11.5 Å². The van der Waals surface area contributed by atoms with Crippen LogP contribution in [-0.2, 0) is 18.3 Å². The van der Waals surface area contributed by atoms with Crippen LogP contribution in [0.25, 0.3) is 55.0 Å². The first-order valence-electron chi connectivity index (χ1n) is 26.1. The van der Waals surface area contributed by atoms with Gasteiger partial charge in [0.25, 0.3) is 0 Å². The second-order valence-electron chi connectivity index (χ2n) is 21.6. The second kappa shape index (κ2) is 16.2. The van der Waals surface area contributed by atoms with Crippen LogP contribution in [0.1, 0.15) is 79.2 Å². The fraction of sp³-hybridized carbons (Fsp3) is 0.143. The summed E-state index contributed by atoms with van der Waals surface area (Å²) >= 11 is 0. The number of allylic oxidation sites excluding steroid dienone is 4. The van der Waals surface area contributed by atoms with Gasteiger partial charge in [0.2, 0.25) is 0 Å². The van der Waals surface area contributed by atoms with Crippen LogP contribution in [0, 0.1) is 41.5 Å². The van der Waals surface area contributed by atoms with E-state index >= 15 is 0 Å². The Balaban J connectivity index is 1.05. The number of ether oxygens (including phenoxy) is 1. The lowest BCUT2D eigenvalue weighted by Gasteiger charge is -2.46. The van der Waals surface area contributed by atoms with Crippen molar-refractivity contribution >= 4 is 55.0 Å². The maximum Gasteiger partial charge on any atom is 0.134 e. The number of fused-ring (bicyclic) bond motifs is 15. The molecule has 4 nitrogen and oxygen atoms in total. The predicted molar refractivity (Wildman–Crippen MR) is 309 cm³/mol. The Morgan fingerprint density at radius 2 is 0.824 bits per heavy atom. The molecule has 0 amide bonds. The van der Waals surface area contributed by atoms with Gasteiger partial charge in [-0.1, -0.05) is 130 Å². The molecule has 0 saturated heterocycles. The van der Waals surface area contributed by atoms with Crippen LogP contribution in [0.2, 0.25) is 0 Å². The van der Waals surface area contributed by atoms with E-state index in [2.05, 4.69) is 245 Å². The fourth-order valence-corrected chi connectivity index (χ4v) is 13.0. The van der Waals surface area contributed by atoms with E-state index in [1.807, 2.05) is 0 Å². The molecule has 4 heteroatoms. The molecule has 1 spiro atoms. The molecular formula is C70H57N3O. The zero-order chi connectivity index (χ0) is 50.3. The monoisotopic (exact) mass is 955 g/mol. The van der Waals surface area contributed by atoms with E-state index in [-0.39, 0.29) is 0 Å². The maximum absolute atomic E-state index is 7.53. The van der Waals surface area contributed by atoms with Crippen LogP contribution in [0.3, 0.4) is 0 Å². The van der Waals surface area contributed by atoms with E-state index in [0.29, 0.717) is 0 Å². The van der Waals surface area contributed by atoms with E-state index in [1.165, 1.54) is 110 Å². The largest absolute Gasteiger partial charge is 0.457 e. The van der Waals surface area contributed by atoms with E-state index < -0.39 is 5.41 Å². The molecule has 0 radical (unpaired) electrons. The molecule has 2 aromatic heterocycles. The quantitative estimate of drug-likeness (QED) is 0.176. The van der Waals surface area contributed by atoms with Crippen molar-refractivity contribution in [1.29, 1.82) is 0 Å². The number of nitrogens with zero attached hydrogens (tertiary/aromatic N) is 3. The standard InChI is InChI=1S/C70H57N3O/c1-41-9-17-48(8)71(63-26-12-43(3)31-49(63)18-10-41)53-20-24-61-68(39-53)74-69-40-54(73-66-29-15-46(6)35-57(66)58-36-47(7)16-30-67(58)73)21-25-62(69)70(61)59-22-11-42(2)32-50(59)37-51-38-52(19-23-60(51)70)72-64-27-13-44(4)33-55(64)56-34-45(5)14-28-65(56)72/h9-17,19-36,38-40H,8,18,37H2,1-7H3/b17-9-,41-10-. The maximum atomic E-state index is 7.53. The molecular weight excluding hydrogens is 899 g/mol. The van der Waals surface area contributed by atoms with Gasteiger partial charge in [0.05, 0.1) is 27.5 Å². The number of benzene rings is 9. The summed E-state index contributed by atoms with van der Waals surface area (Å²) < 4.78 is 12.4. The summed E-state index contributed by atoms with van der Waals surface area (Å²) in [5.41, 5.74) is 26.7. The summed E-state index contributed by atoms with van der Waals surface area (Å²) in [4.78, 5) is 2.31. The first kappa shape index (κ1) is 44.1. The first-order valence-corrected chi connectivity index (χ1v) is 26.1. The van der Waals surface area contributed by atoms with Gasteiger partial charge in [-0.05, 0) is 174 Å². The van der Waals surface area contributed by atoms with E-state index in [0.717, 1.165) is 63.9 Å². The van der Waals surface area contributed by atoms with Crippen LogP contribution < -0.4 is 9.64 Å². The van der Waals surface area contributed by atoms with Crippen molar-refractivity contribution in [2.24, 2.45) is 0 Å². The number of anilines is 2. The van der Waals surface area contributed by atoms with Crippen molar-refractivity contribution in [2.75, 3.05) is 4.90 Å². The van der Waals surface area contributed by atoms with Gasteiger partial charge in [-0.25, -0.2) is 0 Å². The molecule has 14 rings (SSSR count). The highest BCUT2D eigenvalue weighted by atomic mass is 16.5. The summed E-state index contributed by atoms with van der Waals surface area (Å²) in [5, 5.41) is 5.07. The average Bonchev–Trinajstić information content (AvgIpc) is 3.89. The minimum atomic E-state index is -0.722. The Morgan fingerprint density at radius 3 is 1.38 bits per heavy atom. The second-order valence-corrected chi connectivity index (χ2v) is 21.6. The third-order valence-corrected chi connectivity index (χ3v) is 16.4. The smallest absolute Gasteiger partial charge is 0.134 e. The molecule has 1 atom stereocenters. The number of hydrogen-bond acceptors (Lipinski definition) is 2. The molecule has 0 bridgehead atoms. The highest BCUT2D eigenvalue weighted by molar-refractivity contribution is 6.11. The molecule has 0 N–H and O–H groups in total. The van der Waals surface area contributed by atoms with Gasteiger partial charge in [-0.3, -0.25) is 0 Å². The molecule has 0 saturated carbocycles. The van der Waals surface area contributed by atoms with Crippen molar-refractivity contribution < 1.29 is 4.74 Å². The zero-order valence-electron chi connectivity index (χ0n) is 43.2. The number of aromatic nitrogens is 2. The van der Waals surface area contributed by atoms with Crippen molar-refractivity contribution in [1.82, 2.24) is 9.13 Å². The molecule has 74 heavy (non-hydrogen) atoms. The van der Waals surface area contributed by atoms with Gasteiger partial charge in [-0.2, -0.15) is 0 Å². The van der Waals surface area contributed by atoms with Gasteiger partial charge in [0.15, 0.2) is 0 Å². The first-order chi connectivity index (χ1) is 35.9. The SMILES string of the molecule is C=C1/C=C\C(C)=C/Cc2cc(C)ccc2N1c1ccc2c(c1)Oc1cc(-n3c4ccc(C)cc4c4cc(C)ccc43)ccc1C21c2ccc(C)cc2Cc2cc(-n3c4ccc(C)cc4c4cc(C)ccc43)ccc21. The third kappa shape index (κ3) is 6.53. The Kier molecular flexibility index (Phi) is 9.66. The lowest BCUT2D eigenvalue weighted by Crippen LogP contribution is -2.38. The summed E-state index contributed by atoms with van der Waals surface area (Å²) in [6.07, 6.45) is 8.27. The minimum Gasteiger partial charge on any atom is -0.457 e. The fourth-order valence-electron chi connectivity index (χ4n) is 13.0. The Labute approximate surface area is 433 Å². The summed E-state index contributed by atoms with van der Waals surface area (Å²) in [6, 6.07) is 62.6. The topological polar surface area (TPSA) is 22.3 Å². The minimum absolute atomic E-state index is 0.722. The molecule has 358 valence electrons. The van der Waals surface area contributed by atoms with Crippen LogP contribution in [0.15, 0.2) is 200 Å². The molecule has 11 aromatic rings. The van der Waals surface area contributed by atoms with E-state index in [9.17, 15) is 0 Å². The van der Waals surface area contributed by atoms with Crippen molar-refractivity contribution in [2.45, 2.75) is 66.7 Å². The lowest BCUT2D eigenvalue weighted by molar-refractivity contribution is 0.432. The molecule has 9 aromatic carbocycles. The molecule has 1 unspecified atom stereocenters. The van der Waals surface area contributed by atoms with Crippen LogP contribution in [-0.4, -0.2) is 9.13 Å². The number of rotatable bonds is 3. The number of hydrogen-bond donors (Lipinski definition) is 0. The Bertz CT molecular complexity index is 4210. The van der Waals surface area contributed by atoms with Crippen molar-refractivity contribution in [3.8, 4) is 22.9 Å². The Morgan fingerprint density at radius 1 is 0.405 bits per heavy atom. The summed E-state index contributed by atoms with van der Waals surface area (Å²) in [6.45, 7) is 20.0. The molecule has 2 aliphatic heterocycles. The van der Waals surface area contributed by atoms with Crippen molar-refractivity contribution in [3.63, 3.8) is 0 Å². The molecule has 1 aliphatic carbocycles. The molecule has 0 fully saturated rings. The van der Waals surface area contributed by atoms with E-state index in [1.54, 1.807) is 0 Å². The summed E-state index contributed by atoms with van der Waals surface area (Å²) in [7, 11) is 0. The average molecular weight is 956 g/mol. The third-order valence-electron chi connectivity index (χ3n) is 16.4. The van der Waals surface area contributed by atoms with Crippen LogP contribution >= 0.6 is 0 Å². The predicted octanol–water partition coefficient (Wildman–Crippen LogP) is 17.8. The van der Waals surface area contributed by atoms with Gasteiger partial charge in [-0.15, -0.1) is 0 Å². The highest BCUT2D eigenvalue weighted by Crippen LogP contribution is 2.60. The van der Waals surface area contributed by atoms with Gasteiger partial charge < -0.3 is 18.8 Å². The highest BCUT2D eigenvalue weighted by Gasteiger charge is 2.50.